The third kappa shape index (κ3) is 3.08. The first-order valence-electron chi connectivity index (χ1n) is 5.13. The van der Waals surface area contributed by atoms with E-state index in [0.717, 1.165) is 6.42 Å². The molecule has 0 fully saturated rings. The largest absolute Gasteiger partial charge is 0.496 e. The van der Waals surface area contributed by atoms with Crippen LogP contribution in [-0.2, 0) is 0 Å². The summed E-state index contributed by atoms with van der Waals surface area (Å²) in [5.41, 5.74) is -0.614. The summed E-state index contributed by atoms with van der Waals surface area (Å²) in [6, 6.07) is 2.56. The van der Waals surface area contributed by atoms with Crippen LogP contribution < -0.4 is 10.4 Å². The van der Waals surface area contributed by atoms with Gasteiger partial charge < -0.3 is 19.4 Å². The van der Waals surface area contributed by atoms with E-state index in [1.807, 2.05) is 6.92 Å². The SMILES string of the molecule is CCC[C@@H](O)[C@H](O)c1cc(OC)cc(=O)o1. The molecule has 5 nitrogen and oxygen atoms in total. The summed E-state index contributed by atoms with van der Waals surface area (Å²) in [4.78, 5) is 11.1. The van der Waals surface area contributed by atoms with Gasteiger partial charge in [0.05, 0.1) is 19.3 Å². The molecule has 2 N–H and O–H groups in total. The molecule has 0 saturated heterocycles. The quantitative estimate of drug-likeness (QED) is 0.780. The highest BCUT2D eigenvalue weighted by Crippen LogP contribution is 2.21. The van der Waals surface area contributed by atoms with E-state index in [0.29, 0.717) is 12.2 Å². The monoisotopic (exact) mass is 228 g/mol. The standard InChI is InChI=1S/C11H16O5/c1-3-4-8(12)11(14)9-5-7(15-2)6-10(13)16-9/h5-6,8,11-12,14H,3-4H2,1-2H3/t8-,11+/m1/s1. The van der Waals surface area contributed by atoms with E-state index in [4.69, 9.17) is 9.15 Å². The molecule has 0 amide bonds. The summed E-state index contributed by atoms with van der Waals surface area (Å²) in [5, 5.41) is 19.3. The van der Waals surface area contributed by atoms with Crippen molar-refractivity contribution >= 4 is 0 Å². The second kappa shape index (κ2) is 5.67. The Hall–Kier alpha value is -1.33. The van der Waals surface area contributed by atoms with Crippen LogP contribution in [0.4, 0.5) is 0 Å². The Morgan fingerprint density at radius 2 is 2.12 bits per heavy atom. The lowest BCUT2D eigenvalue weighted by molar-refractivity contribution is -0.00124. The van der Waals surface area contributed by atoms with E-state index in [2.05, 4.69) is 0 Å². The molecular formula is C11H16O5. The molecule has 0 aliphatic heterocycles. The summed E-state index contributed by atoms with van der Waals surface area (Å²) in [7, 11) is 1.41. The first-order valence-corrected chi connectivity index (χ1v) is 5.13. The van der Waals surface area contributed by atoms with Gasteiger partial charge in [0.15, 0.2) is 0 Å². The van der Waals surface area contributed by atoms with Crippen LogP contribution in [0.25, 0.3) is 0 Å². The molecule has 1 aromatic rings. The van der Waals surface area contributed by atoms with Crippen molar-refractivity contribution in [3.05, 3.63) is 28.3 Å². The fraction of sp³-hybridized carbons (Fsp3) is 0.545. The molecule has 0 radical (unpaired) electrons. The highest BCUT2D eigenvalue weighted by Gasteiger charge is 2.21. The maximum absolute atomic E-state index is 11.1. The molecule has 0 saturated carbocycles. The van der Waals surface area contributed by atoms with Crippen LogP contribution in [0, 0.1) is 0 Å². The average Bonchev–Trinajstić information content (AvgIpc) is 2.27. The normalized spacial score (nSPS) is 14.5. The van der Waals surface area contributed by atoms with Gasteiger partial charge in [-0.05, 0) is 6.42 Å². The summed E-state index contributed by atoms with van der Waals surface area (Å²) in [5.74, 6) is 0.319. The number of hydrogen-bond donors (Lipinski definition) is 2. The molecule has 0 aromatic carbocycles. The minimum absolute atomic E-state index is 0.0188. The highest BCUT2D eigenvalue weighted by molar-refractivity contribution is 5.21. The molecule has 0 bridgehead atoms. The first kappa shape index (κ1) is 12.7. The van der Waals surface area contributed by atoms with Crippen LogP contribution in [-0.4, -0.2) is 23.4 Å². The average molecular weight is 228 g/mol. The van der Waals surface area contributed by atoms with E-state index in [9.17, 15) is 15.0 Å². The predicted octanol–water partition coefficient (Wildman–Crippen LogP) is 0.843. The Morgan fingerprint density at radius 3 is 2.69 bits per heavy atom. The Kier molecular flexibility index (Phi) is 4.52. The Balaban J connectivity index is 2.94. The zero-order valence-corrected chi connectivity index (χ0v) is 9.34. The number of aliphatic hydroxyl groups is 2. The first-order chi connectivity index (χ1) is 7.58. The molecule has 5 heteroatoms. The van der Waals surface area contributed by atoms with E-state index >= 15 is 0 Å². The molecule has 1 rings (SSSR count). The van der Waals surface area contributed by atoms with Crippen molar-refractivity contribution in [2.24, 2.45) is 0 Å². The zero-order valence-electron chi connectivity index (χ0n) is 9.34. The van der Waals surface area contributed by atoms with E-state index in [1.54, 1.807) is 0 Å². The van der Waals surface area contributed by atoms with Crippen molar-refractivity contribution in [1.29, 1.82) is 0 Å². The maximum atomic E-state index is 11.1. The van der Waals surface area contributed by atoms with Crippen LogP contribution in [0.1, 0.15) is 31.6 Å². The van der Waals surface area contributed by atoms with Gasteiger partial charge in [-0.1, -0.05) is 13.3 Å². The van der Waals surface area contributed by atoms with Gasteiger partial charge in [0.2, 0.25) is 0 Å². The molecule has 2 atom stereocenters. The number of methoxy groups -OCH3 is 1. The van der Waals surface area contributed by atoms with Crippen LogP contribution in [0.2, 0.25) is 0 Å². The van der Waals surface area contributed by atoms with Crippen LogP contribution in [0.15, 0.2) is 21.3 Å². The molecule has 0 spiro atoms. The van der Waals surface area contributed by atoms with Gasteiger partial charge >= 0.3 is 5.63 Å². The molecule has 1 aromatic heterocycles. The third-order valence-electron chi connectivity index (χ3n) is 2.24. The van der Waals surface area contributed by atoms with Gasteiger partial charge in [-0.3, -0.25) is 0 Å². The Labute approximate surface area is 93.3 Å². The number of aliphatic hydroxyl groups excluding tert-OH is 2. The highest BCUT2D eigenvalue weighted by atomic mass is 16.5. The van der Waals surface area contributed by atoms with Gasteiger partial charge in [-0.15, -0.1) is 0 Å². The number of hydrogen-bond acceptors (Lipinski definition) is 5. The molecule has 1 heterocycles. The topological polar surface area (TPSA) is 79.9 Å². The maximum Gasteiger partial charge on any atom is 0.339 e. The summed E-state index contributed by atoms with van der Waals surface area (Å²) in [6.45, 7) is 1.89. The smallest absolute Gasteiger partial charge is 0.339 e. The van der Waals surface area contributed by atoms with E-state index in [-0.39, 0.29) is 5.76 Å². The van der Waals surface area contributed by atoms with E-state index in [1.165, 1.54) is 19.2 Å². The van der Waals surface area contributed by atoms with Crippen molar-refractivity contribution < 1.29 is 19.4 Å². The molecule has 0 aliphatic rings. The lowest BCUT2D eigenvalue weighted by Gasteiger charge is -2.16. The van der Waals surface area contributed by atoms with Crippen molar-refractivity contribution in [3.8, 4) is 5.75 Å². The van der Waals surface area contributed by atoms with Crippen molar-refractivity contribution in [2.75, 3.05) is 7.11 Å². The van der Waals surface area contributed by atoms with Crippen LogP contribution in [0.3, 0.4) is 0 Å². The van der Waals surface area contributed by atoms with Gasteiger partial charge in [0, 0.05) is 6.07 Å². The predicted molar refractivity (Wildman–Crippen MR) is 57.4 cm³/mol. The molecule has 90 valence electrons. The summed E-state index contributed by atoms with van der Waals surface area (Å²) >= 11 is 0. The number of ether oxygens (including phenoxy) is 1. The van der Waals surface area contributed by atoms with Gasteiger partial charge in [-0.2, -0.15) is 0 Å². The van der Waals surface area contributed by atoms with Crippen molar-refractivity contribution in [1.82, 2.24) is 0 Å². The number of rotatable bonds is 5. The fourth-order valence-electron chi connectivity index (χ4n) is 1.38. The zero-order chi connectivity index (χ0) is 12.1. The van der Waals surface area contributed by atoms with E-state index < -0.39 is 17.8 Å². The molecule has 16 heavy (non-hydrogen) atoms. The fourth-order valence-corrected chi connectivity index (χ4v) is 1.38. The van der Waals surface area contributed by atoms with Gasteiger partial charge in [0.25, 0.3) is 0 Å². The summed E-state index contributed by atoms with van der Waals surface area (Å²) < 4.78 is 9.68. The van der Waals surface area contributed by atoms with Gasteiger partial charge in [0.1, 0.15) is 17.6 Å². The lowest BCUT2D eigenvalue weighted by atomic mass is 10.1. The van der Waals surface area contributed by atoms with Crippen molar-refractivity contribution in [2.45, 2.75) is 32.0 Å². The molecule has 0 unspecified atom stereocenters. The molecule has 0 aliphatic carbocycles. The lowest BCUT2D eigenvalue weighted by Crippen LogP contribution is -2.19. The summed E-state index contributed by atoms with van der Waals surface area (Å²) in [6.07, 6.45) is -0.989. The third-order valence-corrected chi connectivity index (χ3v) is 2.24. The van der Waals surface area contributed by atoms with Crippen molar-refractivity contribution in [3.63, 3.8) is 0 Å². The minimum atomic E-state index is -1.21. The minimum Gasteiger partial charge on any atom is -0.496 e. The van der Waals surface area contributed by atoms with Gasteiger partial charge in [-0.25, -0.2) is 4.79 Å². The Bertz CT molecular complexity index is 384. The Morgan fingerprint density at radius 1 is 1.44 bits per heavy atom. The van der Waals surface area contributed by atoms with Crippen LogP contribution in [0.5, 0.6) is 5.75 Å². The molecular weight excluding hydrogens is 212 g/mol. The van der Waals surface area contributed by atoms with Crippen LogP contribution >= 0.6 is 0 Å². The second-order valence-corrected chi connectivity index (χ2v) is 3.52. The second-order valence-electron chi connectivity index (χ2n) is 3.52.